The highest BCUT2D eigenvalue weighted by molar-refractivity contribution is 5.27. The van der Waals surface area contributed by atoms with Crippen LogP contribution in [0.1, 0.15) is 25.3 Å². The molecule has 0 N–H and O–H groups in total. The van der Waals surface area contributed by atoms with Gasteiger partial charge in [-0.3, -0.25) is 0 Å². The van der Waals surface area contributed by atoms with Crippen molar-refractivity contribution in [3.05, 3.63) is 35.9 Å². The van der Waals surface area contributed by atoms with Gasteiger partial charge in [-0.25, -0.2) is 0 Å². The monoisotopic (exact) mass is 189 g/mol. The number of rotatable bonds is 2. The highest BCUT2D eigenvalue weighted by Gasteiger charge is 2.36. The lowest BCUT2D eigenvalue weighted by Gasteiger charge is -2.28. The summed E-state index contributed by atoms with van der Waals surface area (Å²) >= 11 is 0. The lowest BCUT2D eigenvalue weighted by molar-refractivity contribution is 0.361. The molecule has 1 aliphatic rings. The van der Waals surface area contributed by atoms with Gasteiger partial charge in [-0.2, -0.15) is 0 Å². The molecule has 1 nitrogen and oxygen atoms in total. The van der Waals surface area contributed by atoms with E-state index >= 15 is 0 Å². The maximum atomic E-state index is 2.44. The molecule has 0 bridgehead atoms. The van der Waals surface area contributed by atoms with E-state index in [4.69, 9.17) is 0 Å². The smallest absolute Gasteiger partial charge is 0.00897 e. The summed E-state index contributed by atoms with van der Waals surface area (Å²) in [5.41, 5.74) is 1.95. The van der Waals surface area contributed by atoms with Gasteiger partial charge in [-0.05, 0) is 32.0 Å². The number of hydrogen-bond donors (Lipinski definition) is 0. The van der Waals surface area contributed by atoms with Gasteiger partial charge in [0.05, 0.1) is 0 Å². The Kier molecular flexibility index (Phi) is 2.60. The average molecular weight is 189 g/mol. The van der Waals surface area contributed by atoms with E-state index in [2.05, 4.69) is 49.2 Å². The van der Waals surface area contributed by atoms with Crippen LogP contribution in [0.2, 0.25) is 0 Å². The summed E-state index contributed by atoms with van der Waals surface area (Å²) in [5, 5.41) is 0. The Labute approximate surface area is 86.7 Å². The van der Waals surface area contributed by atoms with E-state index in [1.165, 1.54) is 31.5 Å². The molecule has 76 valence electrons. The molecule has 1 fully saturated rings. The Hall–Kier alpha value is -0.820. The largest absolute Gasteiger partial charge is 0.305 e. The Balaban J connectivity index is 2.30. The van der Waals surface area contributed by atoms with Crippen molar-refractivity contribution >= 4 is 0 Å². The van der Waals surface area contributed by atoms with E-state index in [9.17, 15) is 0 Å². The van der Waals surface area contributed by atoms with Gasteiger partial charge in [0.1, 0.15) is 0 Å². The van der Waals surface area contributed by atoms with Crippen molar-refractivity contribution in [3.63, 3.8) is 0 Å². The molecule has 1 aliphatic heterocycles. The molecule has 0 aliphatic carbocycles. The van der Waals surface area contributed by atoms with E-state index < -0.39 is 0 Å². The number of likely N-dealkylation sites (N-methyl/N-ethyl adjacent to an activating group) is 1. The molecule has 1 heteroatoms. The van der Waals surface area contributed by atoms with Gasteiger partial charge in [0.15, 0.2) is 0 Å². The predicted molar refractivity (Wildman–Crippen MR) is 60.5 cm³/mol. The Morgan fingerprint density at radius 1 is 1.29 bits per heavy atom. The first-order chi connectivity index (χ1) is 6.77. The maximum absolute atomic E-state index is 2.44. The standard InChI is InChI=1S/C13H19N/c1-3-13(9-10-14(2)11-13)12-7-5-4-6-8-12/h4-8H,3,9-11H2,1-2H3. The zero-order valence-electron chi connectivity index (χ0n) is 9.16. The summed E-state index contributed by atoms with van der Waals surface area (Å²) in [6.07, 6.45) is 2.56. The fraction of sp³-hybridized carbons (Fsp3) is 0.538. The summed E-state index contributed by atoms with van der Waals surface area (Å²) < 4.78 is 0. The zero-order chi connectivity index (χ0) is 10.0. The van der Waals surface area contributed by atoms with Gasteiger partial charge >= 0.3 is 0 Å². The fourth-order valence-electron chi connectivity index (χ4n) is 2.60. The van der Waals surface area contributed by atoms with E-state index in [1.807, 2.05) is 0 Å². The van der Waals surface area contributed by atoms with Crippen molar-refractivity contribution in [3.8, 4) is 0 Å². The van der Waals surface area contributed by atoms with E-state index in [0.717, 1.165) is 0 Å². The van der Waals surface area contributed by atoms with Crippen LogP contribution < -0.4 is 0 Å². The quantitative estimate of drug-likeness (QED) is 0.691. The third-order valence-corrected chi connectivity index (χ3v) is 3.61. The van der Waals surface area contributed by atoms with Crippen LogP contribution in [0.4, 0.5) is 0 Å². The van der Waals surface area contributed by atoms with Gasteiger partial charge in [-0.15, -0.1) is 0 Å². The number of nitrogens with zero attached hydrogens (tertiary/aromatic N) is 1. The number of benzene rings is 1. The van der Waals surface area contributed by atoms with Crippen LogP contribution in [-0.4, -0.2) is 25.0 Å². The van der Waals surface area contributed by atoms with Crippen LogP contribution in [0, 0.1) is 0 Å². The third kappa shape index (κ3) is 1.57. The first-order valence-electron chi connectivity index (χ1n) is 5.51. The molecule has 1 heterocycles. The molecule has 1 saturated heterocycles. The molecule has 1 aromatic rings. The van der Waals surface area contributed by atoms with Gasteiger partial charge in [0, 0.05) is 12.0 Å². The molecule has 0 saturated carbocycles. The summed E-state index contributed by atoms with van der Waals surface area (Å²) in [6.45, 7) is 4.77. The highest BCUT2D eigenvalue weighted by Crippen LogP contribution is 2.36. The first kappa shape index (κ1) is 9.72. The maximum Gasteiger partial charge on any atom is 0.00897 e. The minimum atomic E-state index is 0.427. The predicted octanol–water partition coefficient (Wildman–Crippen LogP) is 2.67. The molecule has 2 rings (SSSR count). The number of hydrogen-bond acceptors (Lipinski definition) is 1. The van der Waals surface area contributed by atoms with Crippen molar-refractivity contribution in [1.29, 1.82) is 0 Å². The van der Waals surface area contributed by atoms with Crippen LogP contribution in [0.5, 0.6) is 0 Å². The van der Waals surface area contributed by atoms with Crippen LogP contribution in [-0.2, 0) is 5.41 Å². The van der Waals surface area contributed by atoms with E-state index in [-0.39, 0.29) is 0 Å². The fourth-order valence-corrected chi connectivity index (χ4v) is 2.60. The molecule has 0 amide bonds. The van der Waals surface area contributed by atoms with Crippen LogP contribution in [0.3, 0.4) is 0 Å². The highest BCUT2D eigenvalue weighted by atomic mass is 15.1. The molecular formula is C13H19N. The second-order valence-electron chi connectivity index (χ2n) is 4.49. The summed E-state index contributed by atoms with van der Waals surface area (Å²) in [7, 11) is 2.22. The molecule has 1 unspecified atom stereocenters. The van der Waals surface area contributed by atoms with E-state index in [0.29, 0.717) is 5.41 Å². The van der Waals surface area contributed by atoms with Gasteiger partial charge < -0.3 is 4.90 Å². The van der Waals surface area contributed by atoms with Crippen molar-refractivity contribution in [2.24, 2.45) is 0 Å². The van der Waals surface area contributed by atoms with Crippen molar-refractivity contribution in [2.45, 2.75) is 25.2 Å². The first-order valence-corrected chi connectivity index (χ1v) is 5.51. The Morgan fingerprint density at radius 3 is 2.50 bits per heavy atom. The minimum Gasteiger partial charge on any atom is -0.305 e. The molecule has 0 spiro atoms. The van der Waals surface area contributed by atoms with Crippen molar-refractivity contribution in [2.75, 3.05) is 20.1 Å². The van der Waals surface area contributed by atoms with E-state index in [1.54, 1.807) is 0 Å². The van der Waals surface area contributed by atoms with Crippen LogP contribution in [0.25, 0.3) is 0 Å². The van der Waals surface area contributed by atoms with Gasteiger partial charge in [0.2, 0.25) is 0 Å². The lowest BCUT2D eigenvalue weighted by atomic mass is 9.77. The Bertz CT molecular complexity index is 293. The summed E-state index contributed by atoms with van der Waals surface area (Å²) in [4.78, 5) is 2.44. The van der Waals surface area contributed by atoms with Gasteiger partial charge in [0.25, 0.3) is 0 Å². The second kappa shape index (κ2) is 3.74. The van der Waals surface area contributed by atoms with Crippen molar-refractivity contribution in [1.82, 2.24) is 4.90 Å². The molecule has 1 aromatic carbocycles. The SMILES string of the molecule is CCC1(c2ccccc2)CCN(C)C1. The topological polar surface area (TPSA) is 3.24 Å². The molecule has 1 atom stereocenters. The minimum absolute atomic E-state index is 0.427. The van der Waals surface area contributed by atoms with Crippen LogP contribution in [0.15, 0.2) is 30.3 Å². The van der Waals surface area contributed by atoms with Gasteiger partial charge in [-0.1, -0.05) is 37.3 Å². The normalized spacial score (nSPS) is 28.1. The Morgan fingerprint density at radius 2 is 2.00 bits per heavy atom. The second-order valence-corrected chi connectivity index (χ2v) is 4.49. The lowest BCUT2D eigenvalue weighted by Crippen LogP contribution is -2.28. The van der Waals surface area contributed by atoms with Crippen molar-refractivity contribution < 1.29 is 0 Å². The summed E-state index contributed by atoms with van der Waals surface area (Å²) in [6, 6.07) is 11.0. The molecule has 0 aromatic heterocycles. The molecular weight excluding hydrogens is 170 g/mol. The summed E-state index contributed by atoms with van der Waals surface area (Å²) in [5.74, 6) is 0. The molecule has 0 radical (unpaired) electrons. The third-order valence-electron chi connectivity index (χ3n) is 3.61. The van der Waals surface area contributed by atoms with Crippen LogP contribution >= 0.6 is 0 Å². The molecule has 14 heavy (non-hydrogen) atoms. The number of likely N-dealkylation sites (tertiary alicyclic amines) is 1. The average Bonchev–Trinajstić information content (AvgIpc) is 2.63. The zero-order valence-corrected chi connectivity index (χ0v) is 9.16.